The number of rotatable bonds is 3. The molecule has 0 saturated carbocycles. The van der Waals surface area contributed by atoms with E-state index >= 15 is 0 Å². The number of aliphatic carboxylic acids is 1. The zero-order valence-corrected chi connectivity index (χ0v) is 8.86. The van der Waals surface area contributed by atoms with E-state index in [0.717, 1.165) is 10.7 Å². The third-order valence-electron chi connectivity index (χ3n) is 1.92. The van der Waals surface area contributed by atoms with Crippen molar-refractivity contribution in [1.82, 2.24) is 14.5 Å². The molecule has 0 amide bonds. The quantitative estimate of drug-likeness (QED) is 0.848. The van der Waals surface area contributed by atoms with Crippen LogP contribution in [0, 0.1) is 0 Å². The molecule has 1 N–H and O–H groups in total. The molecule has 0 saturated heterocycles. The molecule has 0 spiro atoms. The Morgan fingerprint density at radius 3 is 3.07 bits per heavy atom. The van der Waals surface area contributed by atoms with Gasteiger partial charge in [-0.05, 0) is 0 Å². The Bertz CT molecular complexity index is 489. The first-order chi connectivity index (χ1) is 7.16. The maximum atomic E-state index is 10.5. The van der Waals surface area contributed by atoms with Crippen LogP contribution in [-0.2, 0) is 18.3 Å². The fraction of sp³-hybridized carbons (Fsp3) is 0.222. The van der Waals surface area contributed by atoms with E-state index in [0.29, 0.717) is 5.69 Å². The van der Waals surface area contributed by atoms with Crippen molar-refractivity contribution < 1.29 is 9.90 Å². The van der Waals surface area contributed by atoms with E-state index in [-0.39, 0.29) is 6.42 Å². The minimum Gasteiger partial charge on any atom is -0.481 e. The molecule has 0 fully saturated rings. The van der Waals surface area contributed by atoms with Crippen LogP contribution in [0.15, 0.2) is 17.9 Å². The summed E-state index contributed by atoms with van der Waals surface area (Å²) in [6, 6.07) is 0. The summed E-state index contributed by atoms with van der Waals surface area (Å²) in [7, 11) is 1.88. The highest BCUT2D eigenvalue weighted by Crippen LogP contribution is 2.22. The summed E-state index contributed by atoms with van der Waals surface area (Å²) in [5.41, 5.74) is 1.49. The monoisotopic (exact) mass is 223 g/mol. The average Bonchev–Trinajstić information content (AvgIpc) is 2.72. The van der Waals surface area contributed by atoms with Gasteiger partial charge in [0.25, 0.3) is 0 Å². The van der Waals surface area contributed by atoms with Crippen molar-refractivity contribution in [1.29, 1.82) is 0 Å². The van der Waals surface area contributed by atoms with E-state index < -0.39 is 5.97 Å². The molecule has 2 heterocycles. The standard InChI is InChI=1S/C9H9N3O2S/c1-12-5-10-3-7(12)9-11-6(4-15-9)2-8(13)14/h3-5H,2H2,1H3,(H,13,14). The van der Waals surface area contributed by atoms with Crippen LogP contribution in [0.5, 0.6) is 0 Å². The van der Waals surface area contributed by atoms with Gasteiger partial charge < -0.3 is 9.67 Å². The summed E-state index contributed by atoms with van der Waals surface area (Å²) in [6.45, 7) is 0. The van der Waals surface area contributed by atoms with Crippen LogP contribution in [0.4, 0.5) is 0 Å². The zero-order valence-electron chi connectivity index (χ0n) is 8.04. The van der Waals surface area contributed by atoms with Gasteiger partial charge in [-0.15, -0.1) is 11.3 Å². The fourth-order valence-corrected chi connectivity index (χ4v) is 2.10. The van der Waals surface area contributed by atoms with Crippen LogP contribution in [0.25, 0.3) is 10.7 Å². The molecule has 0 aromatic carbocycles. The number of carboxylic acids is 1. The number of carboxylic acid groups (broad SMARTS) is 1. The van der Waals surface area contributed by atoms with Crippen LogP contribution in [0.1, 0.15) is 5.69 Å². The highest BCUT2D eigenvalue weighted by molar-refractivity contribution is 7.13. The maximum absolute atomic E-state index is 10.5. The molecule has 15 heavy (non-hydrogen) atoms. The number of aryl methyl sites for hydroxylation is 1. The van der Waals surface area contributed by atoms with E-state index in [4.69, 9.17) is 5.11 Å². The van der Waals surface area contributed by atoms with E-state index in [1.165, 1.54) is 11.3 Å². The average molecular weight is 223 g/mol. The van der Waals surface area contributed by atoms with Crippen molar-refractivity contribution >= 4 is 17.3 Å². The summed E-state index contributed by atoms with van der Waals surface area (Å²) in [5.74, 6) is -0.864. The Morgan fingerprint density at radius 2 is 2.47 bits per heavy atom. The summed E-state index contributed by atoms with van der Waals surface area (Å²) < 4.78 is 1.85. The summed E-state index contributed by atoms with van der Waals surface area (Å²) in [6.07, 6.45) is 3.37. The molecule has 0 bridgehead atoms. The minimum absolute atomic E-state index is 0.0334. The second-order valence-electron chi connectivity index (χ2n) is 3.10. The number of carbonyl (C=O) groups is 1. The van der Waals surface area contributed by atoms with E-state index in [9.17, 15) is 4.79 Å². The number of imidazole rings is 1. The van der Waals surface area contributed by atoms with Crippen LogP contribution < -0.4 is 0 Å². The van der Waals surface area contributed by atoms with Crippen LogP contribution in [-0.4, -0.2) is 25.6 Å². The lowest BCUT2D eigenvalue weighted by molar-refractivity contribution is -0.136. The zero-order chi connectivity index (χ0) is 10.8. The lowest BCUT2D eigenvalue weighted by atomic mass is 10.3. The summed E-state index contributed by atoms with van der Waals surface area (Å²) in [4.78, 5) is 18.7. The Hall–Kier alpha value is -1.69. The van der Waals surface area contributed by atoms with Gasteiger partial charge >= 0.3 is 5.97 Å². The van der Waals surface area contributed by atoms with Gasteiger partial charge in [0.1, 0.15) is 5.01 Å². The topological polar surface area (TPSA) is 68.0 Å². The predicted molar refractivity (Wildman–Crippen MR) is 55.7 cm³/mol. The van der Waals surface area contributed by atoms with Crippen molar-refractivity contribution in [3.05, 3.63) is 23.6 Å². The van der Waals surface area contributed by atoms with Crippen molar-refractivity contribution in [2.45, 2.75) is 6.42 Å². The van der Waals surface area contributed by atoms with Gasteiger partial charge in [-0.3, -0.25) is 4.79 Å². The van der Waals surface area contributed by atoms with Crippen molar-refractivity contribution in [2.75, 3.05) is 0 Å². The molecular formula is C9H9N3O2S. The third-order valence-corrected chi connectivity index (χ3v) is 2.83. The molecule has 5 nitrogen and oxygen atoms in total. The molecule has 6 heteroatoms. The van der Waals surface area contributed by atoms with Gasteiger partial charge in [0, 0.05) is 12.4 Å². The molecule has 0 atom stereocenters. The molecule has 2 rings (SSSR count). The lowest BCUT2D eigenvalue weighted by Gasteiger charge is -1.95. The second-order valence-corrected chi connectivity index (χ2v) is 3.96. The molecule has 0 aliphatic carbocycles. The van der Waals surface area contributed by atoms with Crippen molar-refractivity contribution in [2.24, 2.45) is 7.05 Å². The second kappa shape index (κ2) is 3.82. The Balaban J connectivity index is 2.28. The molecule has 78 valence electrons. The van der Waals surface area contributed by atoms with Crippen LogP contribution >= 0.6 is 11.3 Å². The largest absolute Gasteiger partial charge is 0.481 e. The highest BCUT2D eigenvalue weighted by Gasteiger charge is 2.09. The van der Waals surface area contributed by atoms with E-state index in [1.54, 1.807) is 17.9 Å². The number of hydrogen-bond donors (Lipinski definition) is 1. The van der Waals surface area contributed by atoms with Crippen molar-refractivity contribution in [3.8, 4) is 10.7 Å². The fourth-order valence-electron chi connectivity index (χ4n) is 1.22. The Morgan fingerprint density at radius 1 is 1.67 bits per heavy atom. The van der Waals surface area contributed by atoms with Gasteiger partial charge in [0.05, 0.1) is 30.3 Å². The van der Waals surface area contributed by atoms with Gasteiger partial charge in [0.2, 0.25) is 0 Å². The third kappa shape index (κ3) is 2.04. The summed E-state index contributed by atoms with van der Waals surface area (Å²) in [5, 5.41) is 11.2. The molecule has 0 aliphatic heterocycles. The molecule has 2 aromatic rings. The van der Waals surface area contributed by atoms with Crippen molar-refractivity contribution in [3.63, 3.8) is 0 Å². The van der Waals surface area contributed by atoms with E-state index in [2.05, 4.69) is 9.97 Å². The molecular weight excluding hydrogens is 214 g/mol. The first-order valence-electron chi connectivity index (χ1n) is 4.29. The van der Waals surface area contributed by atoms with E-state index in [1.807, 2.05) is 11.6 Å². The number of aromatic nitrogens is 3. The predicted octanol–water partition coefficient (Wildman–Crippen LogP) is 1.17. The SMILES string of the molecule is Cn1cncc1-c1nc(CC(=O)O)cs1. The van der Waals surface area contributed by atoms with Gasteiger partial charge in [-0.2, -0.15) is 0 Å². The first kappa shape index (κ1) is 9.85. The Kier molecular flexibility index (Phi) is 2.51. The first-order valence-corrected chi connectivity index (χ1v) is 5.17. The molecule has 0 aliphatic rings. The smallest absolute Gasteiger partial charge is 0.309 e. The number of hydrogen-bond acceptors (Lipinski definition) is 4. The molecule has 0 unspecified atom stereocenters. The molecule has 0 radical (unpaired) electrons. The minimum atomic E-state index is -0.864. The number of nitrogens with zero attached hydrogens (tertiary/aromatic N) is 3. The lowest BCUT2D eigenvalue weighted by Crippen LogP contribution is -2.00. The van der Waals surface area contributed by atoms with Crippen LogP contribution in [0.3, 0.4) is 0 Å². The van der Waals surface area contributed by atoms with Gasteiger partial charge in [-0.25, -0.2) is 9.97 Å². The van der Waals surface area contributed by atoms with Crippen LogP contribution in [0.2, 0.25) is 0 Å². The van der Waals surface area contributed by atoms with Gasteiger partial charge in [0.15, 0.2) is 0 Å². The van der Waals surface area contributed by atoms with Gasteiger partial charge in [-0.1, -0.05) is 0 Å². The molecule has 2 aromatic heterocycles. The normalized spacial score (nSPS) is 10.5. The summed E-state index contributed by atoms with van der Waals surface area (Å²) >= 11 is 1.43. The number of thiazole rings is 1. The Labute approximate surface area is 90.0 Å². The maximum Gasteiger partial charge on any atom is 0.309 e. The highest BCUT2D eigenvalue weighted by atomic mass is 32.1.